The molecule has 3 rings (SSSR count). The highest BCUT2D eigenvalue weighted by molar-refractivity contribution is 5.85. The van der Waals surface area contributed by atoms with Gasteiger partial charge in [0.25, 0.3) is 0 Å². The SMILES string of the molecule is COc1ccc(C=O)cc1-c1ccc2ocnc2c1. The zero-order valence-corrected chi connectivity index (χ0v) is 10.3. The Morgan fingerprint density at radius 1 is 1.21 bits per heavy atom. The van der Waals surface area contributed by atoms with Crippen molar-refractivity contribution < 1.29 is 13.9 Å². The Kier molecular flexibility index (Phi) is 2.76. The van der Waals surface area contributed by atoms with Gasteiger partial charge in [-0.2, -0.15) is 0 Å². The molecule has 3 aromatic rings. The summed E-state index contributed by atoms with van der Waals surface area (Å²) in [6.45, 7) is 0. The van der Waals surface area contributed by atoms with Crippen molar-refractivity contribution in [2.24, 2.45) is 0 Å². The maximum absolute atomic E-state index is 10.9. The van der Waals surface area contributed by atoms with E-state index in [2.05, 4.69) is 4.98 Å². The fourth-order valence-corrected chi connectivity index (χ4v) is 2.05. The average molecular weight is 253 g/mol. The van der Waals surface area contributed by atoms with Gasteiger partial charge < -0.3 is 9.15 Å². The van der Waals surface area contributed by atoms with E-state index in [9.17, 15) is 4.79 Å². The Bertz CT molecular complexity index is 746. The molecule has 0 saturated carbocycles. The summed E-state index contributed by atoms with van der Waals surface area (Å²) in [5, 5.41) is 0. The highest BCUT2D eigenvalue weighted by Crippen LogP contribution is 2.32. The smallest absolute Gasteiger partial charge is 0.181 e. The number of carbonyl (C=O) groups is 1. The first-order valence-electron chi connectivity index (χ1n) is 5.78. The average Bonchev–Trinajstić information content (AvgIpc) is 2.93. The van der Waals surface area contributed by atoms with Crippen molar-refractivity contribution in [3.05, 3.63) is 48.4 Å². The highest BCUT2D eigenvalue weighted by atomic mass is 16.5. The summed E-state index contributed by atoms with van der Waals surface area (Å²) in [5.74, 6) is 0.716. The molecule has 0 fully saturated rings. The minimum atomic E-state index is 0.607. The first-order chi connectivity index (χ1) is 9.31. The van der Waals surface area contributed by atoms with E-state index >= 15 is 0 Å². The zero-order chi connectivity index (χ0) is 13.2. The lowest BCUT2D eigenvalue weighted by atomic mass is 10.0. The van der Waals surface area contributed by atoms with Crippen molar-refractivity contribution in [3.63, 3.8) is 0 Å². The molecule has 0 aliphatic heterocycles. The van der Waals surface area contributed by atoms with Gasteiger partial charge in [-0.3, -0.25) is 4.79 Å². The summed E-state index contributed by atoms with van der Waals surface area (Å²) in [5.41, 5.74) is 3.90. The third kappa shape index (κ3) is 1.97. The molecule has 4 heteroatoms. The lowest BCUT2D eigenvalue weighted by Gasteiger charge is -2.09. The molecule has 1 aromatic heterocycles. The number of aldehydes is 1. The number of carbonyl (C=O) groups excluding carboxylic acids is 1. The molecule has 94 valence electrons. The molecule has 0 amide bonds. The minimum absolute atomic E-state index is 0.607. The molecule has 0 saturated heterocycles. The molecule has 0 bridgehead atoms. The fraction of sp³-hybridized carbons (Fsp3) is 0.0667. The molecule has 0 atom stereocenters. The molecule has 0 aliphatic rings. The Balaban J connectivity index is 2.20. The van der Waals surface area contributed by atoms with Crippen LogP contribution in [0.3, 0.4) is 0 Å². The molecule has 0 unspecified atom stereocenters. The number of fused-ring (bicyclic) bond motifs is 1. The van der Waals surface area contributed by atoms with Gasteiger partial charge >= 0.3 is 0 Å². The van der Waals surface area contributed by atoms with E-state index in [1.165, 1.54) is 6.39 Å². The second-order valence-corrected chi connectivity index (χ2v) is 4.11. The molecule has 1 heterocycles. The van der Waals surface area contributed by atoms with Crippen LogP contribution in [0, 0.1) is 0 Å². The summed E-state index contributed by atoms with van der Waals surface area (Å²) >= 11 is 0. The summed E-state index contributed by atoms with van der Waals surface area (Å²) < 4.78 is 10.5. The molecule has 0 radical (unpaired) electrons. The van der Waals surface area contributed by atoms with Crippen LogP contribution >= 0.6 is 0 Å². The number of aromatic nitrogens is 1. The number of nitrogens with zero attached hydrogens (tertiary/aromatic N) is 1. The number of rotatable bonds is 3. The maximum Gasteiger partial charge on any atom is 0.181 e. The largest absolute Gasteiger partial charge is 0.496 e. The van der Waals surface area contributed by atoms with Gasteiger partial charge in [-0.1, -0.05) is 6.07 Å². The van der Waals surface area contributed by atoms with Crippen LogP contribution in [0.5, 0.6) is 5.75 Å². The fourth-order valence-electron chi connectivity index (χ4n) is 2.05. The predicted octanol–water partition coefficient (Wildman–Crippen LogP) is 3.32. The monoisotopic (exact) mass is 253 g/mol. The van der Waals surface area contributed by atoms with Crippen LogP contribution in [0.2, 0.25) is 0 Å². The summed E-state index contributed by atoms with van der Waals surface area (Å²) in [4.78, 5) is 15.0. The van der Waals surface area contributed by atoms with Crippen LogP contribution in [0.4, 0.5) is 0 Å². The van der Waals surface area contributed by atoms with E-state index < -0.39 is 0 Å². The number of benzene rings is 2. The standard InChI is InChI=1S/C15H11NO3/c1-18-14-4-2-10(8-17)6-12(14)11-3-5-15-13(7-11)16-9-19-15/h2-9H,1H3. The number of methoxy groups -OCH3 is 1. The molecule has 0 spiro atoms. The van der Waals surface area contributed by atoms with Crippen molar-refractivity contribution in [1.29, 1.82) is 0 Å². The first-order valence-corrected chi connectivity index (χ1v) is 5.78. The number of oxazole rings is 1. The van der Waals surface area contributed by atoms with Gasteiger partial charge in [0.1, 0.15) is 17.6 Å². The Labute approximate surface area is 109 Å². The lowest BCUT2D eigenvalue weighted by Crippen LogP contribution is -1.90. The summed E-state index contributed by atoms with van der Waals surface area (Å²) in [7, 11) is 1.61. The molecular formula is C15H11NO3. The Hall–Kier alpha value is -2.62. The molecule has 4 nitrogen and oxygen atoms in total. The predicted molar refractivity (Wildman–Crippen MR) is 71.4 cm³/mol. The van der Waals surface area contributed by atoms with Crippen molar-refractivity contribution in [2.45, 2.75) is 0 Å². The van der Waals surface area contributed by atoms with E-state index in [4.69, 9.17) is 9.15 Å². The molecule has 0 aliphatic carbocycles. The van der Waals surface area contributed by atoms with Crippen LogP contribution in [0.25, 0.3) is 22.2 Å². The van der Waals surface area contributed by atoms with Crippen molar-refractivity contribution in [1.82, 2.24) is 4.98 Å². The summed E-state index contributed by atoms with van der Waals surface area (Å²) in [6.07, 6.45) is 2.23. The van der Waals surface area contributed by atoms with E-state index in [1.807, 2.05) is 18.2 Å². The number of ether oxygens (including phenoxy) is 1. The van der Waals surface area contributed by atoms with Crippen molar-refractivity contribution in [3.8, 4) is 16.9 Å². The normalized spacial score (nSPS) is 10.6. The Morgan fingerprint density at radius 3 is 2.89 bits per heavy atom. The maximum atomic E-state index is 10.9. The minimum Gasteiger partial charge on any atom is -0.496 e. The van der Waals surface area contributed by atoms with Gasteiger partial charge in [-0.25, -0.2) is 4.98 Å². The molecule has 19 heavy (non-hydrogen) atoms. The molecule has 0 N–H and O–H groups in total. The van der Waals surface area contributed by atoms with E-state index in [0.29, 0.717) is 11.3 Å². The topological polar surface area (TPSA) is 52.3 Å². The quantitative estimate of drug-likeness (QED) is 0.672. The van der Waals surface area contributed by atoms with Crippen LogP contribution in [0.15, 0.2) is 47.2 Å². The highest BCUT2D eigenvalue weighted by Gasteiger charge is 2.09. The Morgan fingerprint density at radius 2 is 2.11 bits per heavy atom. The van der Waals surface area contributed by atoms with E-state index in [-0.39, 0.29) is 0 Å². The van der Waals surface area contributed by atoms with Gasteiger partial charge in [-0.15, -0.1) is 0 Å². The second-order valence-electron chi connectivity index (χ2n) is 4.11. The van der Waals surface area contributed by atoms with E-state index in [0.717, 1.165) is 28.5 Å². The zero-order valence-electron chi connectivity index (χ0n) is 10.3. The van der Waals surface area contributed by atoms with Crippen LogP contribution in [-0.2, 0) is 0 Å². The van der Waals surface area contributed by atoms with E-state index in [1.54, 1.807) is 25.3 Å². The van der Waals surface area contributed by atoms with Gasteiger partial charge in [0.05, 0.1) is 7.11 Å². The molecule has 2 aromatic carbocycles. The van der Waals surface area contributed by atoms with Crippen molar-refractivity contribution in [2.75, 3.05) is 7.11 Å². The van der Waals surface area contributed by atoms with Crippen LogP contribution in [0.1, 0.15) is 10.4 Å². The number of hydrogen-bond donors (Lipinski definition) is 0. The first kappa shape index (κ1) is 11.5. The van der Waals surface area contributed by atoms with Crippen molar-refractivity contribution >= 4 is 17.4 Å². The van der Waals surface area contributed by atoms with Gasteiger partial charge in [0.15, 0.2) is 12.0 Å². The van der Waals surface area contributed by atoms with Gasteiger partial charge in [-0.05, 0) is 35.9 Å². The van der Waals surface area contributed by atoms with Gasteiger partial charge in [0.2, 0.25) is 0 Å². The number of hydrogen-bond acceptors (Lipinski definition) is 4. The molecular weight excluding hydrogens is 242 g/mol. The second kappa shape index (κ2) is 4.57. The third-order valence-electron chi connectivity index (χ3n) is 3.00. The summed E-state index contributed by atoms with van der Waals surface area (Å²) in [6, 6.07) is 11.0. The van der Waals surface area contributed by atoms with Gasteiger partial charge in [0, 0.05) is 11.1 Å². The third-order valence-corrected chi connectivity index (χ3v) is 3.00. The lowest BCUT2D eigenvalue weighted by molar-refractivity contribution is 0.112. The van der Waals surface area contributed by atoms with Crippen LogP contribution in [-0.4, -0.2) is 18.4 Å². The van der Waals surface area contributed by atoms with Crippen LogP contribution < -0.4 is 4.74 Å².